The van der Waals surface area contributed by atoms with Crippen molar-refractivity contribution >= 4 is 11.7 Å². The van der Waals surface area contributed by atoms with Gasteiger partial charge in [-0.05, 0) is 19.4 Å². The van der Waals surface area contributed by atoms with Crippen LogP contribution in [0.25, 0.3) is 0 Å². The molecule has 1 unspecified atom stereocenters. The van der Waals surface area contributed by atoms with Crippen molar-refractivity contribution in [2.45, 2.75) is 25.9 Å². The topological polar surface area (TPSA) is 58.9 Å². The molecular formula is C12H13NO3. The zero-order chi connectivity index (χ0) is 11.8. The first-order valence-corrected chi connectivity index (χ1v) is 5.07. The van der Waals surface area contributed by atoms with Gasteiger partial charge < -0.3 is 9.94 Å². The Morgan fingerprint density at radius 2 is 2.19 bits per heavy atom. The van der Waals surface area contributed by atoms with Crippen LogP contribution in [0.4, 0.5) is 0 Å². The summed E-state index contributed by atoms with van der Waals surface area (Å²) in [6, 6.07) is 7.73. The molecular weight excluding hydrogens is 206 g/mol. The maximum absolute atomic E-state index is 11.0. The smallest absolute Gasteiger partial charge is 0.351 e. The molecule has 2 rings (SSSR count). The van der Waals surface area contributed by atoms with Gasteiger partial charge in [-0.2, -0.15) is 0 Å². The van der Waals surface area contributed by atoms with Crippen molar-refractivity contribution in [1.29, 1.82) is 0 Å². The lowest BCUT2D eigenvalue weighted by molar-refractivity contribution is -0.160. The highest BCUT2D eigenvalue weighted by molar-refractivity contribution is 6.05. The molecule has 0 saturated carbocycles. The van der Waals surface area contributed by atoms with E-state index in [2.05, 4.69) is 5.16 Å². The third kappa shape index (κ3) is 1.66. The van der Waals surface area contributed by atoms with Crippen molar-refractivity contribution in [3.05, 3.63) is 35.4 Å². The molecule has 1 aliphatic rings. The molecule has 1 atom stereocenters. The van der Waals surface area contributed by atoms with Crippen LogP contribution >= 0.6 is 0 Å². The molecule has 1 N–H and O–H groups in total. The number of carboxylic acids is 1. The molecule has 1 heterocycles. The molecule has 16 heavy (non-hydrogen) atoms. The van der Waals surface area contributed by atoms with Crippen LogP contribution in [0.3, 0.4) is 0 Å². The maximum atomic E-state index is 11.0. The van der Waals surface area contributed by atoms with E-state index in [0.29, 0.717) is 12.1 Å². The van der Waals surface area contributed by atoms with Crippen molar-refractivity contribution < 1.29 is 14.7 Å². The molecule has 0 spiro atoms. The van der Waals surface area contributed by atoms with Gasteiger partial charge in [-0.25, -0.2) is 4.79 Å². The van der Waals surface area contributed by atoms with Crippen LogP contribution in [0.2, 0.25) is 0 Å². The van der Waals surface area contributed by atoms with Gasteiger partial charge in [0.15, 0.2) is 0 Å². The number of aryl methyl sites for hydroxylation is 1. The minimum atomic E-state index is -1.22. The lowest BCUT2D eigenvalue weighted by atomic mass is 9.94. The van der Waals surface area contributed by atoms with E-state index in [1.807, 2.05) is 31.2 Å². The molecule has 1 aliphatic heterocycles. The first kappa shape index (κ1) is 10.7. The molecule has 1 aromatic rings. The molecule has 84 valence electrons. The van der Waals surface area contributed by atoms with Gasteiger partial charge in [0.05, 0.1) is 5.71 Å². The maximum Gasteiger partial charge on any atom is 0.351 e. The molecule has 0 aromatic heterocycles. The lowest BCUT2D eigenvalue weighted by Crippen LogP contribution is -2.35. The average molecular weight is 219 g/mol. The highest BCUT2D eigenvalue weighted by Crippen LogP contribution is 2.27. The largest absolute Gasteiger partial charge is 0.478 e. The summed E-state index contributed by atoms with van der Waals surface area (Å²) in [4.78, 5) is 16.0. The van der Waals surface area contributed by atoms with Crippen LogP contribution in [0.1, 0.15) is 24.5 Å². The number of rotatable bonds is 2. The van der Waals surface area contributed by atoms with Gasteiger partial charge in [0.2, 0.25) is 5.60 Å². The Hall–Kier alpha value is -1.84. The first-order chi connectivity index (χ1) is 7.53. The highest BCUT2D eigenvalue weighted by Gasteiger charge is 2.42. The SMILES string of the molecule is Cc1ccccc1C1=NOC(C)(C(=O)O)C1. The quantitative estimate of drug-likeness (QED) is 0.827. The van der Waals surface area contributed by atoms with Crippen molar-refractivity contribution in [1.82, 2.24) is 0 Å². The van der Waals surface area contributed by atoms with Crippen molar-refractivity contribution in [3.8, 4) is 0 Å². The summed E-state index contributed by atoms with van der Waals surface area (Å²) in [5, 5.41) is 12.9. The minimum absolute atomic E-state index is 0.299. The molecule has 0 amide bonds. The van der Waals surface area contributed by atoms with Crippen LogP contribution in [0.15, 0.2) is 29.4 Å². The molecule has 4 nitrogen and oxygen atoms in total. The van der Waals surface area contributed by atoms with Crippen LogP contribution in [-0.2, 0) is 9.63 Å². The standard InChI is InChI=1S/C12H13NO3/c1-8-5-3-4-6-9(8)10-7-12(2,11(14)15)16-13-10/h3-6H,7H2,1-2H3,(H,14,15). The number of aliphatic carboxylic acids is 1. The first-order valence-electron chi connectivity index (χ1n) is 5.07. The van der Waals surface area contributed by atoms with E-state index < -0.39 is 11.6 Å². The second kappa shape index (κ2) is 3.63. The van der Waals surface area contributed by atoms with Crippen molar-refractivity contribution in [2.75, 3.05) is 0 Å². The van der Waals surface area contributed by atoms with E-state index in [0.717, 1.165) is 11.1 Å². The third-order valence-corrected chi connectivity index (χ3v) is 2.77. The van der Waals surface area contributed by atoms with E-state index in [4.69, 9.17) is 9.94 Å². The lowest BCUT2D eigenvalue weighted by Gasteiger charge is -2.14. The molecule has 4 heteroatoms. The second-order valence-corrected chi connectivity index (χ2v) is 4.16. The number of nitrogens with zero attached hydrogens (tertiary/aromatic N) is 1. The monoisotopic (exact) mass is 219 g/mol. The predicted molar refractivity (Wildman–Crippen MR) is 59.5 cm³/mol. The van der Waals surface area contributed by atoms with E-state index in [-0.39, 0.29) is 0 Å². The molecule has 0 saturated heterocycles. The zero-order valence-corrected chi connectivity index (χ0v) is 9.23. The Kier molecular flexibility index (Phi) is 2.42. The van der Waals surface area contributed by atoms with Gasteiger partial charge in [-0.3, -0.25) is 0 Å². The molecule has 0 bridgehead atoms. The second-order valence-electron chi connectivity index (χ2n) is 4.16. The van der Waals surface area contributed by atoms with Gasteiger partial charge in [0.1, 0.15) is 0 Å². The summed E-state index contributed by atoms with van der Waals surface area (Å²) in [7, 11) is 0. The predicted octanol–water partition coefficient (Wildman–Crippen LogP) is 1.96. The van der Waals surface area contributed by atoms with Gasteiger partial charge in [-0.1, -0.05) is 29.4 Å². The fourth-order valence-corrected chi connectivity index (χ4v) is 1.70. The van der Waals surface area contributed by atoms with Gasteiger partial charge in [-0.15, -0.1) is 0 Å². The van der Waals surface area contributed by atoms with E-state index in [1.54, 1.807) is 0 Å². The summed E-state index contributed by atoms with van der Waals surface area (Å²) in [6.07, 6.45) is 0.299. The van der Waals surface area contributed by atoms with E-state index in [9.17, 15) is 4.79 Å². The molecule has 1 aromatic carbocycles. The van der Waals surface area contributed by atoms with Gasteiger partial charge in [0.25, 0.3) is 0 Å². The Balaban J connectivity index is 2.28. The number of benzene rings is 1. The van der Waals surface area contributed by atoms with Crippen LogP contribution in [-0.4, -0.2) is 22.4 Å². The zero-order valence-electron chi connectivity index (χ0n) is 9.23. The molecule has 0 radical (unpaired) electrons. The summed E-state index contributed by atoms with van der Waals surface area (Å²) in [6.45, 7) is 3.50. The number of hydrogen-bond acceptors (Lipinski definition) is 3. The number of carbonyl (C=O) groups is 1. The molecule has 0 fully saturated rings. The number of hydrogen-bond donors (Lipinski definition) is 1. The minimum Gasteiger partial charge on any atom is -0.478 e. The Labute approximate surface area is 93.5 Å². The van der Waals surface area contributed by atoms with Crippen molar-refractivity contribution in [3.63, 3.8) is 0 Å². The van der Waals surface area contributed by atoms with Crippen molar-refractivity contribution in [2.24, 2.45) is 5.16 Å². The summed E-state index contributed by atoms with van der Waals surface area (Å²) < 4.78 is 0. The van der Waals surface area contributed by atoms with E-state index in [1.165, 1.54) is 6.92 Å². The summed E-state index contributed by atoms with van der Waals surface area (Å²) in [5.41, 5.74) is 1.49. The fourth-order valence-electron chi connectivity index (χ4n) is 1.70. The Bertz CT molecular complexity index is 467. The number of carboxylic acid groups (broad SMARTS) is 1. The van der Waals surface area contributed by atoms with Crippen LogP contribution in [0.5, 0.6) is 0 Å². The summed E-state index contributed by atoms with van der Waals surface area (Å²) >= 11 is 0. The molecule has 0 aliphatic carbocycles. The van der Waals surface area contributed by atoms with Crippen LogP contribution < -0.4 is 0 Å². The van der Waals surface area contributed by atoms with Gasteiger partial charge in [0, 0.05) is 12.0 Å². The normalized spacial score (nSPS) is 23.8. The fraction of sp³-hybridized carbons (Fsp3) is 0.333. The Morgan fingerprint density at radius 3 is 2.75 bits per heavy atom. The van der Waals surface area contributed by atoms with Gasteiger partial charge >= 0.3 is 5.97 Å². The number of oxime groups is 1. The highest BCUT2D eigenvalue weighted by atomic mass is 16.7. The average Bonchev–Trinajstić information content (AvgIpc) is 2.63. The summed E-state index contributed by atoms with van der Waals surface area (Å²) in [5.74, 6) is -0.986. The Morgan fingerprint density at radius 1 is 1.50 bits per heavy atom. The third-order valence-electron chi connectivity index (χ3n) is 2.77. The van der Waals surface area contributed by atoms with Crippen LogP contribution in [0, 0.1) is 6.92 Å². The van der Waals surface area contributed by atoms with E-state index >= 15 is 0 Å².